The van der Waals surface area contributed by atoms with Crippen LogP contribution in [0.1, 0.15) is 17.7 Å². The van der Waals surface area contributed by atoms with E-state index in [9.17, 15) is 14.4 Å². The topological polar surface area (TPSA) is 110 Å². The molecule has 2 aromatic rings. The van der Waals surface area contributed by atoms with E-state index in [4.69, 9.17) is 9.47 Å². The van der Waals surface area contributed by atoms with E-state index in [-0.39, 0.29) is 25.7 Å². The van der Waals surface area contributed by atoms with Crippen LogP contribution in [-0.2, 0) is 16.1 Å². The van der Waals surface area contributed by atoms with E-state index < -0.39 is 18.0 Å². The van der Waals surface area contributed by atoms with E-state index in [1.807, 2.05) is 12.3 Å². The van der Waals surface area contributed by atoms with Gasteiger partial charge in [0.05, 0.1) is 18.7 Å². The fourth-order valence-electron chi connectivity index (χ4n) is 2.85. The van der Waals surface area contributed by atoms with Crippen molar-refractivity contribution in [2.45, 2.75) is 25.9 Å². The number of benzene rings is 1. The second-order valence-electron chi connectivity index (χ2n) is 6.16. The fourth-order valence-corrected chi connectivity index (χ4v) is 3.56. The van der Waals surface area contributed by atoms with Gasteiger partial charge in [0.1, 0.15) is 6.04 Å². The molecule has 0 spiro atoms. The van der Waals surface area contributed by atoms with Crippen molar-refractivity contribution in [3.63, 3.8) is 0 Å². The minimum Gasteiger partial charge on any atom is -0.454 e. The summed E-state index contributed by atoms with van der Waals surface area (Å²) < 4.78 is 10.6. The maximum atomic E-state index is 12.5. The molecule has 0 radical (unpaired) electrons. The molecule has 0 saturated carbocycles. The summed E-state index contributed by atoms with van der Waals surface area (Å²) in [4.78, 5) is 42.1. The van der Waals surface area contributed by atoms with Crippen molar-refractivity contribution in [1.82, 2.24) is 15.2 Å². The van der Waals surface area contributed by atoms with Crippen molar-refractivity contribution in [2.24, 2.45) is 0 Å². The molecule has 10 heteroatoms. The van der Waals surface area contributed by atoms with Crippen LogP contribution in [0.25, 0.3) is 0 Å². The third kappa shape index (κ3) is 3.56. The van der Waals surface area contributed by atoms with E-state index in [1.165, 1.54) is 11.3 Å². The molecule has 1 fully saturated rings. The normalized spacial score (nSPS) is 18.0. The van der Waals surface area contributed by atoms with Gasteiger partial charge in [-0.05, 0) is 24.6 Å². The molecule has 27 heavy (non-hydrogen) atoms. The minimum absolute atomic E-state index is 0.0884. The molecule has 2 aliphatic heterocycles. The Morgan fingerprint density at radius 3 is 2.96 bits per heavy atom. The van der Waals surface area contributed by atoms with Crippen LogP contribution in [-0.4, -0.2) is 40.6 Å². The van der Waals surface area contributed by atoms with Gasteiger partial charge in [0.25, 0.3) is 5.91 Å². The second kappa shape index (κ2) is 6.88. The van der Waals surface area contributed by atoms with E-state index in [1.54, 1.807) is 18.2 Å². The lowest BCUT2D eigenvalue weighted by atomic mass is 10.1. The van der Waals surface area contributed by atoms with Gasteiger partial charge < -0.3 is 20.1 Å². The van der Waals surface area contributed by atoms with Crippen molar-refractivity contribution in [3.05, 3.63) is 34.8 Å². The summed E-state index contributed by atoms with van der Waals surface area (Å²) in [5, 5.41) is 7.46. The molecule has 1 aromatic carbocycles. The highest BCUT2D eigenvalue weighted by molar-refractivity contribution is 7.13. The Morgan fingerprint density at radius 1 is 1.37 bits per heavy atom. The molecular weight excluding hydrogens is 372 g/mol. The number of carbonyl (C=O) groups excluding carboxylic acids is 3. The third-order valence-corrected chi connectivity index (χ3v) is 5.02. The number of nitrogens with zero attached hydrogens (tertiary/aromatic N) is 2. The number of nitrogens with one attached hydrogen (secondary N) is 2. The van der Waals surface area contributed by atoms with Crippen molar-refractivity contribution < 1.29 is 23.9 Å². The molecule has 1 aromatic heterocycles. The zero-order chi connectivity index (χ0) is 19.0. The molecule has 2 aliphatic rings. The van der Waals surface area contributed by atoms with Gasteiger partial charge >= 0.3 is 6.03 Å². The molecule has 1 atom stereocenters. The van der Waals surface area contributed by atoms with Crippen LogP contribution < -0.4 is 20.1 Å². The Morgan fingerprint density at radius 2 is 2.19 bits per heavy atom. The lowest BCUT2D eigenvalue weighted by molar-refractivity contribution is -0.130. The number of rotatable bonds is 5. The number of amides is 4. The molecular formula is C17H16N4O5S. The maximum Gasteiger partial charge on any atom is 0.325 e. The highest BCUT2D eigenvalue weighted by Crippen LogP contribution is 2.33. The van der Waals surface area contributed by atoms with Gasteiger partial charge in [0.15, 0.2) is 16.6 Å². The summed E-state index contributed by atoms with van der Waals surface area (Å²) in [5.74, 6) is 0.383. The minimum atomic E-state index is -0.896. The summed E-state index contributed by atoms with van der Waals surface area (Å²) in [6, 6.07) is 3.80. The van der Waals surface area contributed by atoms with Gasteiger partial charge in [-0.3, -0.25) is 14.5 Å². The number of carbonyl (C=O) groups is 3. The lowest BCUT2D eigenvalue weighted by Crippen LogP contribution is -2.34. The third-order valence-electron chi connectivity index (χ3n) is 4.14. The quantitative estimate of drug-likeness (QED) is 0.754. The van der Waals surface area contributed by atoms with Crippen LogP contribution >= 0.6 is 11.3 Å². The Hall–Kier alpha value is -3.14. The van der Waals surface area contributed by atoms with Crippen molar-refractivity contribution in [3.8, 4) is 11.5 Å². The van der Waals surface area contributed by atoms with Crippen LogP contribution in [0.15, 0.2) is 23.6 Å². The zero-order valence-corrected chi connectivity index (χ0v) is 15.2. The van der Waals surface area contributed by atoms with E-state index >= 15 is 0 Å². The van der Waals surface area contributed by atoms with Crippen LogP contribution in [0.2, 0.25) is 0 Å². The SMILES string of the molecule is Cc1csc(NC(=O)C[C@H]2NC(=O)N(Cc3ccc4c(c3)OCO4)C2=O)n1. The number of ether oxygens (including phenoxy) is 2. The summed E-state index contributed by atoms with van der Waals surface area (Å²) in [5.41, 5.74) is 1.53. The molecule has 0 aliphatic carbocycles. The smallest absolute Gasteiger partial charge is 0.325 e. The summed E-state index contributed by atoms with van der Waals surface area (Å²) >= 11 is 1.30. The Kier molecular flexibility index (Phi) is 4.40. The molecule has 0 bridgehead atoms. The van der Waals surface area contributed by atoms with Gasteiger partial charge in [0, 0.05) is 5.38 Å². The average molecular weight is 388 g/mol. The first kappa shape index (κ1) is 17.3. The zero-order valence-electron chi connectivity index (χ0n) is 14.4. The number of aryl methyl sites for hydroxylation is 1. The van der Waals surface area contributed by atoms with Gasteiger partial charge in [0.2, 0.25) is 12.7 Å². The molecule has 0 unspecified atom stereocenters. The van der Waals surface area contributed by atoms with Gasteiger partial charge in [-0.15, -0.1) is 11.3 Å². The lowest BCUT2D eigenvalue weighted by Gasteiger charge is -2.13. The van der Waals surface area contributed by atoms with Crippen molar-refractivity contribution >= 4 is 34.3 Å². The standard InChI is InChI=1S/C17H16N4O5S/c1-9-7-27-16(18-9)20-14(22)5-11-15(23)21(17(24)19-11)6-10-2-3-12-13(4-10)26-8-25-12/h2-4,7,11H,5-6,8H2,1H3,(H,19,24)(H,18,20,22)/t11-/m1/s1. The number of hydrogen-bond donors (Lipinski definition) is 2. The first-order chi connectivity index (χ1) is 13.0. The first-order valence-corrected chi connectivity index (χ1v) is 9.10. The molecule has 140 valence electrons. The number of fused-ring (bicyclic) bond motifs is 1. The highest BCUT2D eigenvalue weighted by Gasteiger charge is 2.39. The highest BCUT2D eigenvalue weighted by atomic mass is 32.1. The number of anilines is 1. The Labute approximate surface area is 158 Å². The monoisotopic (exact) mass is 388 g/mol. The van der Waals surface area contributed by atoms with Gasteiger partial charge in [-0.1, -0.05) is 6.07 Å². The maximum absolute atomic E-state index is 12.5. The summed E-state index contributed by atoms with van der Waals surface area (Å²) in [7, 11) is 0. The van der Waals surface area contributed by atoms with Crippen LogP contribution in [0.5, 0.6) is 11.5 Å². The summed E-state index contributed by atoms with van der Waals surface area (Å²) in [6.07, 6.45) is -0.152. The largest absolute Gasteiger partial charge is 0.454 e. The number of thiazole rings is 1. The fraction of sp³-hybridized carbons (Fsp3) is 0.294. The second-order valence-corrected chi connectivity index (χ2v) is 7.02. The first-order valence-electron chi connectivity index (χ1n) is 8.22. The van der Waals surface area contributed by atoms with Crippen molar-refractivity contribution in [2.75, 3.05) is 12.1 Å². The Bertz CT molecular complexity index is 928. The predicted octanol–water partition coefficient (Wildman–Crippen LogP) is 1.63. The Balaban J connectivity index is 1.39. The molecule has 1 saturated heterocycles. The molecule has 9 nitrogen and oxygen atoms in total. The van der Waals surface area contributed by atoms with Crippen LogP contribution in [0, 0.1) is 6.92 Å². The average Bonchev–Trinajstić information content (AvgIpc) is 3.31. The number of imide groups is 1. The molecule has 4 rings (SSSR count). The van der Waals surface area contributed by atoms with Crippen LogP contribution in [0.3, 0.4) is 0 Å². The van der Waals surface area contributed by atoms with Gasteiger partial charge in [-0.25, -0.2) is 9.78 Å². The molecule has 3 heterocycles. The number of urea groups is 1. The van der Waals surface area contributed by atoms with Crippen molar-refractivity contribution in [1.29, 1.82) is 0 Å². The number of hydrogen-bond acceptors (Lipinski definition) is 7. The van der Waals surface area contributed by atoms with E-state index in [2.05, 4.69) is 15.6 Å². The molecule has 2 N–H and O–H groups in total. The van der Waals surface area contributed by atoms with E-state index in [0.717, 1.165) is 16.2 Å². The van der Waals surface area contributed by atoms with E-state index in [0.29, 0.717) is 16.6 Å². The molecule has 4 amide bonds. The number of aromatic nitrogens is 1. The summed E-state index contributed by atoms with van der Waals surface area (Å²) in [6.45, 7) is 2.06. The predicted molar refractivity (Wildman–Crippen MR) is 95.5 cm³/mol. The van der Waals surface area contributed by atoms with Crippen LogP contribution in [0.4, 0.5) is 9.93 Å². The van der Waals surface area contributed by atoms with Gasteiger partial charge in [-0.2, -0.15) is 0 Å².